The number of urea groups is 1. The molecule has 25 heavy (non-hydrogen) atoms. The average molecular weight is 336 g/mol. The number of carbonyl (C=O) groups excluding carboxylic acids is 1. The van der Waals surface area contributed by atoms with Gasteiger partial charge < -0.3 is 9.80 Å². The van der Waals surface area contributed by atoms with Gasteiger partial charge in [-0.3, -0.25) is 0 Å². The van der Waals surface area contributed by atoms with Crippen molar-refractivity contribution in [3.05, 3.63) is 54.4 Å². The van der Waals surface area contributed by atoms with Crippen molar-refractivity contribution in [2.24, 2.45) is 5.10 Å². The molecule has 128 valence electrons. The molecule has 1 saturated heterocycles. The quantitative estimate of drug-likeness (QED) is 0.843. The van der Waals surface area contributed by atoms with Crippen LogP contribution in [0.25, 0.3) is 0 Å². The van der Waals surface area contributed by atoms with Gasteiger partial charge in [-0.05, 0) is 11.6 Å². The summed E-state index contributed by atoms with van der Waals surface area (Å²) in [6.07, 6.45) is 6.06. The number of anilines is 1. The van der Waals surface area contributed by atoms with Gasteiger partial charge in [0.15, 0.2) is 0 Å². The minimum atomic E-state index is -0.0313. The van der Waals surface area contributed by atoms with Gasteiger partial charge in [-0.1, -0.05) is 30.3 Å². The van der Waals surface area contributed by atoms with Gasteiger partial charge in [-0.25, -0.2) is 19.8 Å². The zero-order valence-corrected chi connectivity index (χ0v) is 13.9. The standard InChI is InChI=1S/C18H20N6O/c25-18(24-16(7-10-21-24)15-5-2-1-3-6-15)23-13-11-22(12-14-23)17-19-8-4-9-20-17/h1-6,8-10,16H,7,11-14H2. The third-order valence-electron chi connectivity index (χ3n) is 4.60. The molecule has 1 atom stereocenters. The fourth-order valence-electron chi connectivity index (χ4n) is 3.25. The van der Waals surface area contributed by atoms with Crippen LogP contribution >= 0.6 is 0 Å². The van der Waals surface area contributed by atoms with Gasteiger partial charge in [-0.2, -0.15) is 5.10 Å². The van der Waals surface area contributed by atoms with E-state index in [2.05, 4.69) is 20.0 Å². The first kappa shape index (κ1) is 15.6. The molecular formula is C18H20N6O. The Balaban J connectivity index is 1.41. The van der Waals surface area contributed by atoms with Crippen LogP contribution in [0.15, 0.2) is 53.9 Å². The number of aromatic nitrogens is 2. The van der Waals surface area contributed by atoms with Crippen LogP contribution < -0.4 is 4.90 Å². The molecule has 0 radical (unpaired) electrons. The summed E-state index contributed by atoms with van der Waals surface area (Å²) in [5, 5.41) is 5.94. The molecule has 3 heterocycles. The molecule has 4 rings (SSSR count). The van der Waals surface area contributed by atoms with Gasteiger partial charge in [0, 0.05) is 51.2 Å². The van der Waals surface area contributed by atoms with Crippen LogP contribution in [0.3, 0.4) is 0 Å². The van der Waals surface area contributed by atoms with Crippen LogP contribution in [-0.2, 0) is 0 Å². The van der Waals surface area contributed by atoms with E-state index >= 15 is 0 Å². The van der Waals surface area contributed by atoms with Crippen molar-refractivity contribution in [3.8, 4) is 0 Å². The van der Waals surface area contributed by atoms with Gasteiger partial charge in [0.2, 0.25) is 5.95 Å². The van der Waals surface area contributed by atoms with E-state index in [9.17, 15) is 4.79 Å². The first-order valence-corrected chi connectivity index (χ1v) is 8.50. The lowest BCUT2D eigenvalue weighted by atomic mass is 10.1. The van der Waals surface area contributed by atoms with E-state index in [1.165, 1.54) is 0 Å². The molecule has 0 spiro atoms. The van der Waals surface area contributed by atoms with Crippen LogP contribution in [0.5, 0.6) is 0 Å². The highest BCUT2D eigenvalue weighted by Crippen LogP contribution is 2.29. The van der Waals surface area contributed by atoms with Crippen molar-refractivity contribution >= 4 is 18.2 Å². The molecule has 0 N–H and O–H groups in total. The predicted octanol–water partition coefficient (Wildman–Crippen LogP) is 2.15. The fourth-order valence-corrected chi connectivity index (χ4v) is 3.25. The maximum atomic E-state index is 12.9. The van der Waals surface area contributed by atoms with Crippen LogP contribution in [-0.4, -0.2) is 58.3 Å². The summed E-state index contributed by atoms with van der Waals surface area (Å²) in [4.78, 5) is 25.4. The monoisotopic (exact) mass is 336 g/mol. The minimum absolute atomic E-state index is 0.0100. The molecule has 7 heteroatoms. The van der Waals surface area contributed by atoms with E-state index in [-0.39, 0.29) is 12.1 Å². The number of hydrogen-bond donors (Lipinski definition) is 0. The molecule has 0 aliphatic carbocycles. The highest BCUT2D eigenvalue weighted by Gasteiger charge is 2.33. The van der Waals surface area contributed by atoms with Crippen molar-refractivity contribution in [1.29, 1.82) is 0 Å². The third kappa shape index (κ3) is 3.17. The number of hydrogen-bond acceptors (Lipinski definition) is 5. The Hall–Kier alpha value is -2.96. The lowest BCUT2D eigenvalue weighted by Gasteiger charge is -2.37. The normalized spacial score (nSPS) is 20.2. The number of piperazine rings is 1. The third-order valence-corrected chi connectivity index (χ3v) is 4.60. The summed E-state index contributed by atoms with van der Waals surface area (Å²) in [5.41, 5.74) is 1.12. The fraction of sp³-hybridized carbons (Fsp3) is 0.333. The molecule has 2 aliphatic rings. The van der Waals surface area contributed by atoms with Crippen molar-refractivity contribution < 1.29 is 4.79 Å². The molecule has 2 aliphatic heterocycles. The van der Waals surface area contributed by atoms with Crippen molar-refractivity contribution in [1.82, 2.24) is 19.9 Å². The summed E-state index contributed by atoms with van der Waals surface area (Å²) < 4.78 is 0. The van der Waals surface area contributed by atoms with Gasteiger partial charge >= 0.3 is 6.03 Å². The van der Waals surface area contributed by atoms with Crippen LogP contribution in [0.2, 0.25) is 0 Å². The molecule has 0 saturated carbocycles. The average Bonchev–Trinajstić information content (AvgIpc) is 3.19. The number of rotatable bonds is 2. The van der Waals surface area contributed by atoms with E-state index < -0.39 is 0 Å². The van der Waals surface area contributed by atoms with Crippen LogP contribution in [0, 0.1) is 0 Å². The van der Waals surface area contributed by atoms with Gasteiger partial charge in [-0.15, -0.1) is 0 Å². The molecule has 1 aromatic heterocycles. The highest BCUT2D eigenvalue weighted by atomic mass is 16.2. The number of nitrogens with zero attached hydrogens (tertiary/aromatic N) is 6. The summed E-state index contributed by atoms with van der Waals surface area (Å²) in [5.74, 6) is 0.718. The van der Waals surface area contributed by atoms with Crippen molar-refractivity contribution in [3.63, 3.8) is 0 Å². The second-order valence-electron chi connectivity index (χ2n) is 6.11. The summed E-state index contributed by atoms with van der Waals surface area (Å²) in [6, 6.07) is 11.8. The summed E-state index contributed by atoms with van der Waals surface area (Å²) >= 11 is 0. The summed E-state index contributed by atoms with van der Waals surface area (Å²) in [6.45, 7) is 2.74. The smallest absolute Gasteiger partial charge is 0.337 e. The lowest BCUT2D eigenvalue weighted by Crippen LogP contribution is -2.52. The first-order valence-electron chi connectivity index (χ1n) is 8.50. The Morgan fingerprint density at radius 3 is 2.40 bits per heavy atom. The van der Waals surface area contributed by atoms with Crippen LogP contribution in [0.4, 0.5) is 10.7 Å². The lowest BCUT2D eigenvalue weighted by molar-refractivity contribution is 0.139. The SMILES string of the molecule is O=C(N1CCN(c2ncccn2)CC1)N1N=CCC1c1ccccc1. The first-order chi connectivity index (χ1) is 12.3. The van der Waals surface area contributed by atoms with E-state index in [0.29, 0.717) is 13.1 Å². The molecule has 7 nitrogen and oxygen atoms in total. The Kier molecular flexibility index (Phi) is 4.28. The van der Waals surface area contributed by atoms with Crippen LogP contribution in [0.1, 0.15) is 18.0 Å². The Morgan fingerprint density at radius 1 is 0.960 bits per heavy atom. The topological polar surface area (TPSA) is 64.9 Å². The maximum absolute atomic E-state index is 12.9. The van der Waals surface area contributed by atoms with E-state index in [1.807, 2.05) is 41.4 Å². The molecular weight excluding hydrogens is 316 g/mol. The Bertz CT molecular complexity index is 743. The Labute approximate surface area is 146 Å². The number of carbonyl (C=O) groups is 1. The second kappa shape index (κ2) is 6.88. The van der Waals surface area contributed by atoms with Crippen molar-refractivity contribution in [2.45, 2.75) is 12.5 Å². The summed E-state index contributed by atoms with van der Waals surface area (Å²) in [7, 11) is 0. The number of hydrazone groups is 1. The molecule has 1 aromatic carbocycles. The minimum Gasteiger partial charge on any atom is -0.337 e. The zero-order chi connectivity index (χ0) is 17.1. The van der Waals surface area contributed by atoms with E-state index in [1.54, 1.807) is 23.5 Å². The van der Waals surface area contributed by atoms with Crippen molar-refractivity contribution in [2.75, 3.05) is 31.1 Å². The highest BCUT2D eigenvalue weighted by molar-refractivity contribution is 5.78. The van der Waals surface area contributed by atoms with E-state index in [0.717, 1.165) is 31.0 Å². The van der Waals surface area contributed by atoms with Gasteiger partial charge in [0.05, 0.1) is 6.04 Å². The number of benzene rings is 1. The zero-order valence-electron chi connectivity index (χ0n) is 13.9. The molecule has 2 aromatic rings. The predicted molar refractivity (Wildman–Crippen MR) is 95.3 cm³/mol. The van der Waals surface area contributed by atoms with E-state index in [4.69, 9.17) is 0 Å². The Morgan fingerprint density at radius 2 is 1.68 bits per heavy atom. The van der Waals surface area contributed by atoms with Gasteiger partial charge in [0.1, 0.15) is 0 Å². The maximum Gasteiger partial charge on any atom is 0.341 e. The second-order valence-corrected chi connectivity index (χ2v) is 6.11. The largest absolute Gasteiger partial charge is 0.341 e. The molecule has 2 amide bonds. The molecule has 1 unspecified atom stereocenters. The van der Waals surface area contributed by atoms with Gasteiger partial charge in [0.25, 0.3) is 0 Å². The molecule has 0 bridgehead atoms. The molecule has 1 fully saturated rings. The number of amides is 2.